The maximum absolute atomic E-state index is 14.7. The number of nitrogens with one attached hydrogen (secondary N) is 3. The molecule has 6 atom stereocenters. The van der Waals surface area contributed by atoms with Crippen molar-refractivity contribution in [3.8, 4) is 11.6 Å². The summed E-state index contributed by atoms with van der Waals surface area (Å²) in [5.41, 5.74) is 2.58. The first-order chi connectivity index (χ1) is 25.8. The number of likely N-dealkylation sites (tertiary alicyclic amines) is 2. The Morgan fingerprint density at radius 1 is 0.926 bits per heavy atom. The monoisotopic (exact) mass is 763 g/mol. The third kappa shape index (κ3) is 7.99. The molecule has 2 aromatic heterocycles. The Hall–Kier alpha value is -4.46. The minimum absolute atomic E-state index is 0.0590. The van der Waals surface area contributed by atoms with Crippen molar-refractivity contribution in [3.63, 3.8) is 0 Å². The predicted octanol–water partition coefficient (Wildman–Crippen LogP) is 1.78. The highest BCUT2D eigenvalue weighted by atomic mass is 31.0. The van der Waals surface area contributed by atoms with E-state index in [2.05, 4.69) is 29.8 Å². The fraction of sp³-hybridized carbons (Fsp3) is 0.526. The first-order valence-electron chi connectivity index (χ1n) is 18.7. The predicted molar refractivity (Wildman–Crippen MR) is 207 cm³/mol. The Morgan fingerprint density at radius 3 is 2.17 bits per heavy atom. The SMILES string of the molecule is CNCC(=O)NC(C(=O)N1CC(O)CC1Cn1c(-c2nc3cc(P)ccc3n2CC2CCCN2C(=O)C(NC=O)C(C)C)nc2cc(F)ccc21)C(C)C. The summed E-state index contributed by atoms with van der Waals surface area (Å²) in [6, 6.07) is 8.17. The number of aliphatic hydroxyl groups is 1. The number of likely N-dealkylation sites (N-methyl/N-ethyl adjacent to an activating group) is 1. The molecule has 14 nitrogen and oxygen atoms in total. The van der Waals surface area contributed by atoms with Gasteiger partial charge in [-0.1, -0.05) is 33.8 Å². The third-order valence-corrected chi connectivity index (χ3v) is 10.9. The molecule has 4 N–H and O–H groups in total. The minimum atomic E-state index is -0.800. The Labute approximate surface area is 316 Å². The van der Waals surface area contributed by atoms with Gasteiger partial charge in [-0.2, -0.15) is 0 Å². The van der Waals surface area contributed by atoms with Gasteiger partial charge in [0.05, 0.1) is 40.8 Å². The van der Waals surface area contributed by atoms with Gasteiger partial charge in [-0.25, -0.2) is 14.4 Å². The van der Waals surface area contributed by atoms with Gasteiger partial charge in [-0.15, -0.1) is 9.24 Å². The Morgan fingerprint density at radius 2 is 1.54 bits per heavy atom. The minimum Gasteiger partial charge on any atom is -0.391 e. The van der Waals surface area contributed by atoms with E-state index in [1.165, 1.54) is 12.1 Å². The molecular weight excluding hydrogens is 712 g/mol. The molecule has 0 radical (unpaired) electrons. The van der Waals surface area contributed by atoms with E-state index in [4.69, 9.17) is 9.97 Å². The van der Waals surface area contributed by atoms with Crippen LogP contribution >= 0.6 is 9.24 Å². The molecule has 4 aromatic rings. The van der Waals surface area contributed by atoms with Crippen molar-refractivity contribution in [1.29, 1.82) is 0 Å². The zero-order valence-electron chi connectivity index (χ0n) is 31.5. The lowest BCUT2D eigenvalue weighted by Gasteiger charge is -2.31. The lowest BCUT2D eigenvalue weighted by molar-refractivity contribution is -0.138. The van der Waals surface area contributed by atoms with Crippen LogP contribution in [0.5, 0.6) is 0 Å². The molecule has 0 saturated carbocycles. The Bertz CT molecular complexity index is 2030. The summed E-state index contributed by atoms with van der Waals surface area (Å²) in [6.45, 7) is 8.87. The van der Waals surface area contributed by atoms with Crippen LogP contribution in [0.1, 0.15) is 47.0 Å². The molecule has 290 valence electrons. The number of carbonyl (C=O) groups is 4. The Kier molecular flexibility index (Phi) is 12.0. The number of aromatic nitrogens is 4. The zero-order valence-corrected chi connectivity index (χ0v) is 32.6. The molecule has 4 amide bonds. The van der Waals surface area contributed by atoms with Gasteiger partial charge < -0.3 is 40.0 Å². The number of nitrogens with zero attached hydrogens (tertiary/aromatic N) is 6. The molecule has 2 aromatic carbocycles. The molecule has 2 saturated heterocycles. The average molecular weight is 764 g/mol. The molecule has 0 bridgehead atoms. The van der Waals surface area contributed by atoms with Crippen molar-refractivity contribution in [3.05, 3.63) is 42.2 Å². The van der Waals surface area contributed by atoms with E-state index in [0.717, 1.165) is 23.7 Å². The number of β-amino-alcohol motifs (C(OH)–C–C–N with tert-alkyl or cyclic N) is 1. The number of imidazole rings is 2. The van der Waals surface area contributed by atoms with E-state index in [9.17, 15) is 28.7 Å². The van der Waals surface area contributed by atoms with Gasteiger partial charge >= 0.3 is 0 Å². The van der Waals surface area contributed by atoms with Gasteiger partial charge in [0.1, 0.15) is 17.9 Å². The van der Waals surface area contributed by atoms with E-state index < -0.39 is 30.0 Å². The van der Waals surface area contributed by atoms with Crippen molar-refractivity contribution in [2.75, 3.05) is 26.7 Å². The number of rotatable bonds is 14. The van der Waals surface area contributed by atoms with Gasteiger partial charge in [0, 0.05) is 38.3 Å². The summed E-state index contributed by atoms with van der Waals surface area (Å²) in [5, 5.41) is 20.2. The van der Waals surface area contributed by atoms with Crippen molar-refractivity contribution in [2.24, 2.45) is 11.8 Å². The summed E-state index contributed by atoms with van der Waals surface area (Å²) in [4.78, 5) is 65.5. The highest BCUT2D eigenvalue weighted by Gasteiger charge is 2.40. The van der Waals surface area contributed by atoms with Gasteiger partial charge in [0.15, 0.2) is 11.6 Å². The number of carbonyl (C=O) groups excluding carboxylic acids is 4. The van der Waals surface area contributed by atoms with Crippen molar-refractivity contribution in [2.45, 2.75) is 90.3 Å². The Balaban J connectivity index is 1.42. The molecule has 4 heterocycles. The second kappa shape index (κ2) is 16.5. The van der Waals surface area contributed by atoms with Crippen molar-refractivity contribution >= 4 is 60.7 Å². The van der Waals surface area contributed by atoms with Crippen molar-refractivity contribution < 1.29 is 28.7 Å². The van der Waals surface area contributed by atoms with E-state index >= 15 is 0 Å². The maximum Gasteiger partial charge on any atom is 0.245 e. The number of aliphatic hydroxyl groups excluding tert-OH is 1. The van der Waals surface area contributed by atoms with E-state index in [0.29, 0.717) is 54.1 Å². The first-order valence-corrected chi connectivity index (χ1v) is 19.2. The fourth-order valence-electron chi connectivity index (χ4n) is 7.91. The van der Waals surface area contributed by atoms with Gasteiger partial charge in [0.2, 0.25) is 24.1 Å². The molecule has 2 aliphatic heterocycles. The van der Waals surface area contributed by atoms with Crippen LogP contribution in [0.2, 0.25) is 0 Å². The molecule has 2 aliphatic rings. The molecule has 16 heteroatoms. The zero-order chi connectivity index (χ0) is 38.8. The molecule has 6 rings (SSSR count). The van der Waals surface area contributed by atoms with Crippen LogP contribution in [0.15, 0.2) is 36.4 Å². The van der Waals surface area contributed by atoms with Crippen LogP contribution in [-0.2, 0) is 32.3 Å². The van der Waals surface area contributed by atoms with Crippen LogP contribution in [-0.4, -0.2) is 115 Å². The first kappa shape index (κ1) is 39.2. The molecule has 0 spiro atoms. The van der Waals surface area contributed by atoms with Crippen LogP contribution < -0.4 is 21.3 Å². The van der Waals surface area contributed by atoms with Gasteiger partial charge in [-0.05, 0) is 67.7 Å². The molecular formula is C38H51FN9O5P. The van der Waals surface area contributed by atoms with Gasteiger partial charge in [0.25, 0.3) is 0 Å². The van der Waals surface area contributed by atoms with Crippen LogP contribution in [0.3, 0.4) is 0 Å². The van der Waals surface area contributed by atoms with E-state index in [-0.39, 0.29) is 55.2 Å². The van der Waals surface area contributed by atoms with Crippen LogP contribution in [0, 0.1) is 17.7 Å². The average Bonchev–Trinajstić information content (AvgIpc) is 3.90. The van der Waals surface area contributed by atoms with E-state index in [1.807, 2.05) is 55.4 Å². The number of halogens is 1. The molecule has 54 heavy (non-hydrogen) atoms. The highest BCUT2D eigenvalue weighted by Crippen LogP contribution is 2.33. The molecule has 2 fully saturated rings. The topological polar surface area (TPSA) is 167 Å². The van der Waals surface area contributed by atoms with Crippen molar-refractivity contribution in [1.82, 2.24) is 44.9 Å². The van der Waals surface area contributed by atoms with E-state index in [1.54, 1.807) is 18.0 Å². The maximum atomic E-state index is 14.7. The van der Waals surface area contributed by atoms with Gasteiger partial charge in [-0.3, -0.25) is 19.2 Å². The second-order valence-electron chi connectivity index (χ2n) is 15.2. The van der Waals surface area contributed by atoms with Crippen LogP contribution in [0.4, 0.5) is 4.39 Å². The lowest BCUT2D eigenvalue weighted by Crippen LogP contribution is -2.54. The second-order valence-corrected chi connectivity index (χ2v) is 15.8. The number of hydrogen-bond donors (Lipinski definition) is 4. The largest absolute Gasteiger partial charge is 0.391 e. The van der Waals surface area contributed by atoms with Crippen LogP contribution in [0.25, 0.3) is 33.7 Å². The standard InChI is InChI=1S/C38H51FN9O5P/c1-21(2)33(41-20-49)37(52)45-12-6-7-24(45)17-47-31-11-9-27(54)15-29(31)43-36(47)35-42-28-13-23(39)8-10-30(28)48(35)18-25-14-26(50)19-46(25)38(53)34(22(3)4)44-32(51)16-40-5/h8-11,13,15,20-22,24-26,33-34,40,50H,6-7,12,14,16-19,54H2,1-5H3,(H,41,49)(H,44,51). The quantitative estimate of drug-likeness (QED) is 0.112. The number of fused-ring (bicyclic) bond motifs is 2. The summed E-state index contributed by atoms with van der Waals surface area (Å²) in [7, 11) is 4.35. The molecule has 0 aliphatic carbocycles. The summed E-state index contributed by atoms with van der Waals surface area (Å²) >= 11 is 0. The summed E-state index contributed by atoms with van der Waals surface area (Å²) < 4.78 is 18.7. The fourth-order valence-corrected chi connectivity index (χ4v) is 8.17. The number of benzene rings is 2. The summed E-state index contributed by atoms with van der Waals surface area (Å²) in [6.07, 6.45) is 1.63. The third-order valence-electron chi connectivity index (χ3n) is 10.6. The number of amides is 4. The smallest absolute Gasteiger partial charge is 0.245 e. The normalized spacial score (nSPS) is 20.0. The lowest BCUT2D eigenvalue weighted by atomic mass is 10.0. The summed E-state index contributed by atoms with van der Waals surface area (Å²) in [5.74, 6) is -0.525. The molecule has 6 unspecified atom stereocenters. The number of hydrogen-bond acceptors (Lipinski definition) is 8. The highest BCUT2D eigenvalue weighted by molar-refractivity contribution is 7.27.